The highest BCUT2D eigenvalue weighted by Crippen LogP contribution is 2.25. The Morgan fingerprint density at radius 2 is 2.13 bits per heavy atom. The summed E-state index contributed by atoms with van der Waals surface area (Å²) in [4.78, 5) is 14.8. The molecule has 2 unspecified atom stereocenters. The zero-order chi connectivity index (χ0) is 16.1. The summed E-state index contributed by atoms with van der Waals surface area (Å²) in [5.41, 5.74) is 2.57. The van der Waals surface area contributed by atoms with Crippen molar-refractivity contribution in [1.29, 1.82) is 0 Å². The average Bonchev–Trinajstić information content (AvgIpc) is 2.62. The van der Waals surface area contributed by atoms with Crippen molar-refractivity contribution in [3.63, 3.8) is 0 Å². The van der Waals surface area contributed by atoms with Crippen molar-refractivity contribution in [2.45, 2.75) is 51.2 Å². The summed E-state index contributed by atoms with van der Waals surface area (Å²) in [5, 5.41) is 3.43. The maximum absolute atomic E-state index is 12.8. The predicted molar refractivity (Wildman–Crippen MR) is 91.4 cm³/mol. The van der Waals surface area contributed by atoms with Crippen LogP contribution < -0.4 is 5.32 Å². The van der Waals surface area contributed by atoms with E-state index in [4.69, 9.17) is 4.74 Å². The molecule has 1 aromatic rings. The van der Waals surface area contributed by atoms with Crippen LogP contribution in [-0.4, -0.2) is 43.2 Å². The van der Waals surface area contributed by atoms with Gasteiger partial charge in [0.2, 0.25) is 5.91 Å². The van der Waals surface area contributed by atoms with Gasteiger partial charge in [0, 0.05) is 26.2 Å². The molecule has 0 aromatic heterocycles. The summed E-state index contributed by atoms with van der Waals surface area (Å²) in [6, 6.07) is 8.85. The fourth-order valence-electron chi connectivity index (χ4n) is 3.56. The van der Waals surface area contributed by atoms with E-state index in [2.05, 4.69) is 41.4 Å². The lowest BCUT2D eigenvalue weighted by molar-refractivity contribution is -0.138. The van der Waals surface area contributed by atoms with Crippen LogP contribution in [0, 0.1) is 0 Å². The van der Waals surface area contributed by atoms with Crippen LogP contribution in [-0.2, 0) is 16.0 Å². The maximum Gasteiger partial charge on any atom is 0.225 e. The Bertz CT molecular complexity index is 509. The highest BCUT2D eigenvalue weighted by Gasteiger charge is 2.29. The van der Waals surface area contributed by atoms with E-state index in [0.29, 0.717) is 6.42 Å². The Morgan fingerprint density at radius 1 is 1.30 bits per heavy atom. The lowest BCUT2D eigenvalue weighted by Crippen LogP contribution is -2.49. The number of hydrogen-bond donors (Lipinski definition) is 1. The van der Waals surface area contributed by atoms with E-state index in [1.54, 1.807) is 0 Å². The molecule has 2 aliphatic heterocycles. The topological polar surface area (TPSA) is 41.6 Å². The molecule has 0 radical (unpaired) electrons. The quantitative estimate of drug-likeness (QED) is 0.928. The molecule has 23 heavy (non-hydrogen) atoms. The summed E-state index contributed by atoms with van der Waals surface area (Å²) in [6.45, 7) is 5.47. The number of rotatable bonds is 4. The molecule has 0 bridgehead atoms. The SMILES string of the molecule is CCc1ccc(C2CNCCN2C(=O)CC2CCCCO2)cc1. The Morgan fingerprint density at radius 3 is 2.83 bits per heavy atom. The van der Waals surface area contributed by atoms with E-state index in [0.717, 1.165) is 45.5 Å². The van der Waals surface area contributed by atoms with Crippen molar-refractivity contribution >= 4 is 5.91 Å². The van der Waals surface area contributed by atoms with Crippen molar-refractivity contribution < 1.29 is 9.53 Å². The first-order valence-corrected chi connectivity index (χ1v) is 8.98. The van der Waals surface area contributed by atoms with E-state index in [9.17, 15) is 4.79 Å². The molecule has 4 heteroatoms. The normalized spacial score (nSPS) is 25.3. The summed E-state index contributed by atoms with van der Waals surface area (Å²) >= 11 is 0. The average molecular weight is 316 g/mol. The minimum Gasteiger partial charge on any atom is -0.378 e. The molecule has 1 N–H and O–H groups in total. The second-order valence-corrected chi connectivity index (χ2v) is 6.59. The minimum absolute atomic E-state index is 0.120. The molecule has 2 aliphatic rings. The van der Waals surface area contributed by atoms with E-state index >= 15 is 0 Å². The molecule has 0 saturated carbocycles. The number of piperazine rings is 1. The predicted octanol–water partition coefficient (Wildman–Crippen LogP) is 2.68. The van der Waals surface area contributed by atoms with Gasteiger partial charge in [0.1, 0.15) is 0 Å². The summed E-state index contributed by atoms with van der Waals surface area (Å²) in [6.07, 6.45) is 5.03. The van der Waals surface area contributed by atoms with Crippen molar-refractivity contribution in [2.24, 2.45) is 0 Å². The lowest BCUT2D eigenvalue weighted by atomic mass is 9.99. The molecule has 4 nitrogen and oxygen atoms in total. The van der Waals surface area contributed by atoms with Crippen molar-refractivity contribution in [1.82, 2.24) is 10.2 Å². The van der Waals surface area contributed by atoms with Gasteiger partial charge in [0.25, 0.3) is 0 Å². The van der Waals surface area contributed by atoms with Crippen molar-refractivity contribution in [2.75, 3.05) is 26.2 Å². The van der Waals surface area contributed by atoms with Gasteiger partial charge in [-0.25, -0.2) is 0 Å². The summed E-state index contributed by atoms with van der Waals surface area (Å²) in [5.74, 6) is 0.239. The molecule has 0 spiro atoms. The molecule has 1 amide bonds. The Kier molecular flexibility index (Phi) is 5.68. The molecule has 0 aliphatic carbocycles. The highest BCUT2D eigenvalue weighted by atomic mass is 16.5. The molecular formula is C19H28N2O2. The van der Waals surface area contributed by atoms with Crippen LogP contribution in [0.4, 0.5) is 0 Å². The number of benzene rings is 1. The first-order chi connectivity index (χ1) is 11.3. The van der Waals surface area contributed by atoms with Crippen LogP contribution in [0.25, 0.3) is 0 Å². The first-order valence-electron chi connectivity index (χ1n) is 8.98. The monoisotopic (exact) mass is 316 g/mol. The first kappa shape index (κ1) is 16.5. The largest absolute Gasteiger partial charge is 0.378 e. The van der Waals surface area contributed by atoms with Gasteiger partial charge in [-0.1, -0.05) is 31.2 Å². The fourth-order valence-corrected chi connectivity index (χ4v) is 3.56. The minimum atomic E-state index is 0.120. The number of amides is 1. The molecule has 2 fully saturated rings. The number of carbonyl (C=O) groups is 1. The molecule has 1 aromatic carbocycles. The van der Waals surface area contributed by atoms with Gasteiger partial charge in [0.15, 0.2) is 0 Å². The number of hydrogen-bond acceptors (Lipinski definition) is 3. The number of ether oxygens (including phenoxy) is 1. The van der Waals surface area contributed by atoms with Crippen LogP contribution >= 0.6 is 0 Å². The highest BCUT2D eigenvalue weighted by molar-refractivity contribution is 5.77. The smallest absolute Gasteiger partial charge is 0.225 e. The number of aryl methyl sites for hydroxylation is 1. The molecular weight excluding hydrogens is 288 g/mol. The molecule has 3 rings (SSSR count). The third-order valence-corrected chi connectivity index (χ3v) is 5.01. The molecule has 2 heterocycles. The third-order valence-electron chi connectivity index (χ3n) is 5.01. The molecule has 2 atom stereocenters. The van der Waals surface area contributed by atoms with Gasteiger partial charge >= 0.3 is 0 Å². The Balaban J connectivity index is 1.68. The Hall–Kier alpha value is -1.39. The van der Waals surface area contributed by atoms with Gasteiger partial charge in [0.05, 0.1) is 18.6 Å². The van der Waals surface area contributed by atoms with E-state index in [-0.39, 0.29) is 18.1 Å². The van der Waals surface area contributed by atoms with Crippen LogP contribution in [0.2, 0.25) is 0 Å². The van der Waals surface area contributed by atoms with Crippen LogP contribution in [0.15, 0.2) is 24.3 Å². The summed E-state index contributed by atoms with van der Waals surface area (Å²) in [7, 11) is 0. The standard InChI is InChI=1S/C19H28N2O2/c1-2-15-6-8-16(9-7-15)18-14-20-10-11-21(18)19(22)13-17-5-3-4-12-23-17/h6-9,17-18,20H,2-5,10-14H2,1H3. The van der Waals surface area contributed by atoms with Gasteiger partial charge in [-0.15, -0.1) is 0 Å². The van der Waals surface area contributed by atoms with Gasteiger partial charge in [-0.3, -0.25) is 4.79 Å². The van der Waals surface area contributed by atoms with Crippen LogP contribution in [0.5, 0.6) is 0 Å². The number of nitrogens with zero attached hydrogens (tertiary/aromatic N) is 1. The third kappa shape index (κ3) is 4.12. The second-order valence-electron chi connectivity index (χ2n) is 6.59. The zero-order valence-corrected chi connectivity index (χ0v) is 14.1. The van der Waals surface area contributed by atoms with Crippen LogP contribution in [0.1, 0.15) is 49.8 Å². The van der Waals surface area contributed by atoms with Gasteiger partial charge in [-0.05, 0) is 36.8 Å². The Labute approximate surface area is 139 Å². The van der Waals surface area contributed by atoms with Gasteiger partial charge in [-0.2, -0.15) is 0 Å². The fraction of sp³-hybridized carbons (Fsp3) is 0.632. The second kappa shape index (κ2) is 7.93. The summed E-state index contributed by atoms with van der Waals surface area (Å²) < 4.78 is 5.75. The molecule has 126 valence electrons. The van der Waals surface area contributed by atoms with E-state index in [1.165, 1.54) is 17.5 Å². The van der Waals surface area contributed by atoms with Crippen molar-refractivity contribution in [3.05, 3.63) is 35.4 Å². The number of nitrogens with one attached hydrogen (secondary N) is 1. The number of carbonyl (C=O) groups excluding carboxylic acids is 1. The van der Waals surface area contributed by atoms with Crippen LogP contribution in [0.3, 0.4) is 0 Å². The molecule has 2 saturated heterocycles. The lowest BCUT2D eigenvalue weighted by Gasteiger charge is -2.37. The zero-order valence-electron chi connectivity index (χ0n) is 14.1. The van der Waals surface area contributed by atoms with Crippen molar-refractivity contribution in [3.8, 4) is 0 Å². The van der Waals surface area contributed by atoms with E-state index in [1.807, 2.05) is 0 Å². The van der Waals surface area contributed by atoms with E-state index < -0.39 is 0 Å². The maximum atomic E-state index is 12.8. The van der Waals surface area contributed by atoms with Gasteiger partial charge < -0.3 is 15.0 Å².